The average molecular weight is 466 g/mol. The fraction of sp³-hybridized carbons (Fsp3) is 0.444. The molecule has 180 valence electrons. The van der Waals surface area contributed by atoms with Gasteiger partial charge in [0.25, 0.3) is 0 Å². The maximum atomic E-state index is 13.5. The van der Waals surface area contributed by atoms with Gasteiger partial charge in [-0.3, -0.25) is 4.79 Å². The summed E-state index contributed by atoms with van der Waals surface area (Å²) in [5.74, 6) is 2.60. The van der Waals surface area contributed by atoms with Gasteiger partial charge in [-0.2, -0.15) is 0 Å². The third-order valence-electron chi connectivity index (χ3n) is 7.42. The molecule has 3 atom stereocenters. The fourth-order valence-electron chi connectivity index (χ4n) is 5.66. The number of ether oxygens (including phenoxy) is 4. The van der Waals surface area contributed by atoms with Crippen LogP contribution in [0.15, 0.2) is 42.5 Å². The molecule has 2 aromatic carbocycles. The lowest BCUT2D eigenvalue weighted by Gasteiger charge is -2.52. The molecule has 7 heteroatoms. The molecule has 0 bridgehead atoms. The molecule has 1 aliphatic carbocycles. The van der Waals surface area contributed by atoms with E-state index in [0.717, 1.165) is 36.8 Å². The lowest BCUT2D eigenvalue weighted by atomic mass is 9.66. The largest absolute Gasteiger partial charge is 0.497 e. The van der Waals surface area contributed by atoms with Gasteiger partial charge in [-0.1, -0.05) is 18.9 Å². The Morgan fingerprint density at radius 3 is 2.76 bits per heavy atom. The molecule has 34 heavy (non-hydrogen) atoms. The van der Waals surface area contributed by atoms with Crippen LogP contribution >= 0.6 is 0 Å². The van der Waals surface area contributed by atoms with Crippen molar-refractivity contribution in [1.82, 2.24) is 4.90 Å². The quantitative estimate of drug-likeness (QED) is 0.662. The number of hydrogen-bond acceptors (Lipinski definition) is 6. The molecule has 0 radical (unpaired) electrons. The first kappa shape index (κ1) is 22.6. The summed E-state index contributed by atoms with van der Waals surface area (Å²) in [4.78, 5) is 15.4. The standard InChI is InChI=1S/C27H31NO6/c1-31-19-8-9-20(23(16-19)32-2)26-21-5-3-4-12-27(21,30)13-14-28(26)25(29)11-7-18-6-10-22-24(15-18)34-17-33-22/h6-11,15-16,21,26,30H,3-5,12-14,17H2,1-2H3/b11-7+/t21?,26-,27?/m0/s1. The third-order valence-corrected chi connectivity index (χ3v) is 7.42. The van der Waals surface area contributed by atoms with Gasteiger partial charge in [-0.05, 0) is 55.2 Å². The van der Waals surface area contributed by atoms with Gasteiger partial charge in [0.2, 0.25) is 12.7 Å². The van der Waals surface area contributed by atoms with Crippen molar-refractivity contribution in [3.8, 4) is 23.0 Å². The number of methoxy groups -OCH3 is 2. The van der Waals surface area contributed by atoms with Gasteiger partial charge in [0, 0.05) is 30.2 Å². The molecular weight excluding hydrogens is 434 g/mol. The summed E-state index contributed by atoms with van der Waals surface area (Å²) in [6.45, 7) is 0.696. The van der Waals surface area contributed by atoms with Gasteiger partial charge in [0.05, 0.1) is 25.9 Å². The van der Waals surface area contributed by atoms with E-state index in [4.69, 9.17) is 18.9 Å². The number of fused-ring (bicyclic) bond motifs is 2. The van der Waals surface area contributed by atoms with Crippen LogP contribution in [0.25, 0.3) is 6.08 Å². The smallest absolute Gasteiger partial charge is 0.247 e. The molecule has 5 rings (SSSR count). The van der Waals surface area contributed by atoms with Crippen molar-refractivity contribution in [3.63, 3.8) is 0 Å². The first-order chi connectivity index (χ1) is 16.5. The van der Waals surface area contributed by atoms with Crippen LogP contribution in [-0.2, 0) is 4.79 Å². The SMILES string of the molecule is COc1ccc([C@H]2C3CCCCC3(O)CCN2C(=O)/C=C/c2ccc3c(c2)OCO3)c(OC)c1. The minimum Gasteiger partial charge on any atom is -0.497 e. The second-order valence-corrected chi connectivity index (χ2v) is 9.24. The number of benzene rings is 2. The number of aliphatic hydroxyl groups is 1. The van der Waals surface area contributed by atoms with Crippen molar-refractivity contribution < 1.29 is 28.8 Å². The normalized spacial score (nSPS) is 25.8. The van der Waals surface area contributed by atoms with Crippen molar-refractivity contribution in [2.45, 2.75) is 43.7 Å². The molecule has 0 aromatic heterocycles. The fourth-order valence-corrected chi connectivity index (χ4v) is 5.66. The summed E-state index contributed by atoms with van der Waals surface area (Å²) in [7, 11) is 3.24. The zero-order valence-electron chi connectivity index (χ0n) is 19.7. The minimum absolute atomic E-state index is 0.0554. The molecule has 2 aromatic rings. The van der Waals surface area contributed by atoms with Crippen molar-refractivity contribution in [2.75, 3.05) is 27.6 Å². The van der Waals surface area contributed by atoms with Crippen LogP contribution in [0.1, 0.15) is 49.3 Å². The first-order valence-electron chi connectivity index (χ1n) is 11.8. The van der Waals surface area contributed by atoms with Crippen molar-refractivity contribution in [1.29, 1.82) is 0 Å². The Morgan fingerprint density at radius 1 is 1.09 bits per heavy atom. The Bertz CT molecular complexity index is 1100. The highest BCUT2D eigenvalue weighted by atomic mass is 16.7. The Labute approximate surface area is 199 Å². The van der Waals surface area contributed by atoms with Crippen LogP contribution in [-0.4, -0.2) is 49.1 Å². The topological polar surface area (TPSA) is 77.5 Å². The lowest BCUT2D eigenvalue weighted by molar-refractivity contribution is -0.151. The first-order valence-corrected chi connectivity index (χ1v) is 11.8. The molecule has 2 heterocycles. The number of carbonyl (C=O) groups excluding carboxylic acids is 1. The van der Waals surface area contributed by atoms with Gasteiger partial charge in [0.1, 0.15) is 11.5 Å². The molecule has 1 saturated heterocycles. The summed E-state index contributed by atoms with van der Waals surface area (Å²) < 4.78 is 21.9. The molecule has 1 amide bonds. The van der Waals surface area contributed by atoms with Crippen LogP contribution in [0.4, 0.5) is 0 Å². The summed E-state index contributed by atoms with van der Waals surface area (Å²) in [5.41, 5.74) is 0.992. The molecule has 2 fully saturated rings. The maximum absolute atomic E-state index is 13.5. The minimum atomic E-state index is -0.772. The van der Waals surface area contributed by atoms with Gasteiger partial charge in [0.15, 0.2) is 11.5 Å². The Balaban J connectivity index is 1.48. The van der Waals surface area contributed by atoms with Crippen molar-refractivity contribution >= 4 is 12.0 Å². The van der Waals surface area contributed by atoms with Crippen molar-refractivity contribution in [2.24, 2.45) is 5.92 Å². The highest BCUT2D eigenvalue weighted by molar-refractivity contribution is 5.92. The zero-order chi connectivity index (χ0) is 23.7. The molecule has 1 N–H and O–H groups in total. The van der Waals surface area contributed by atoms with Gasteiger partial charge in [-0.25, -0.2) is 0 Å². The Kier molecular flexibility index (Phi) is 6.13. The third kappa shape index (κ3) is 4.09. The van der Waals surface area contributed by atoms with Crippen LogP contribution in [0.2, 0.25) is 0 Å². The molecule has 2 unspecified atom stereocenters. The van der Waals surface area contributed by atoms with E-state index in [1.807, 2.05) is 41.3 Å². The van der Waals surface area contributed by atoms with E-state index in [9.17, 15) is 9.90 Å². The van der Waals surface area contributed by atoms with Gasteiger partial charge >= 0.3 is 0 Å². The van der Waals surface area contributed by atoms with Gasteiger partial charge < -0.3 is 29.0 Å². The number of carbonyl (C=O) groups is 1. The van der Waals surface area contributed by atoms with E-state index in [2.05, 4.69) is 0 Å². The van der Waals surface area contributed by atoms with Crippen LogP contribution in [0.5, 0.6) is 23.0 Å². The second kappa shape index (κ2) is 9.22. The summed E-state index contributed by atoms with van der Waals surface area (Å²) in [6.07, 6.45) is 7.67. The number of rotatable bonds is 5. The summed E-state index contributed by atoms with van der Waals surface area (Å²) >= 11 is 0. The number of amides is 1. The van der Waals surface area contributed by atoms with E-state index in [0.29, 0.717) is 36.0 Å². The predicted octanol–water partition coefficient (Wildman–Crippen LogP) is 4.34. The Morgan fingerprint density at radius 2 is 1.94 bits per heavy atom. The Hall–Kier alpha value is -3.19. The zero-order valence-corrected chi connectivity index (χ0v) is 19.7. The average Bonchev–Trinajstić information content (AvgIpc) is 3.34. The van der Waals surface area contributed by atoms with Gasteiger partial charge in [-0.15, -0.1) is 0 Å². The van der Waals surface area contributed by atoms with E-state index in [-0.39, 0.29) is 24.7 Å². The van der Waals surface area contributed by atoms with E-state index in [1.54, 1.807) is 26.4 Å². The number of piperidine rings is 1. The van der Waals surface area contributed by atoms with E-state index < -0.39 is 5.60 Å². The van der Waals surface area contributed by atoms with Crippen LogP contribution in [0.3, 0.4) is 0 Å². The molecule has 1 saturated carbocycles. The van der Waals surface area contributed by atoms with E-state index in [1.165, 1.54) is 0 Å². The molecule has 2 aliphatic heterocycles. The monoisotopic (exact) mass is 465 g/mol. The highest BCUT2D eigenvalue weighted by Crippen LogP contribution is 2.51. The van der Waals surface area contributed by atoms with E-state index >= 15 is 0 Å². The molecule has 7 nitrogen and oxygen atoms in total. The highest BCUT2D eigenvalue weighted by Gasteiger charge is 2.50. The maximum Gasteiger partial charge on any atom is 0.247 e. The molecule has 3 aliphatic rings. The van der Waals surface area contributed by atoms with Crippen LogP contribution < -0.4 is 18.9 Å². The van der Waals surface area contributed by atoms with Crippen LogP contribution in [0, 0.1) is 5.92 Å². The number of hydrogen-bond donors (Lipinski definition) is 1. The van der Waals surface area contributed by atoms with Crippen molar-refractivity contribution in [3.05, 3.63) is 53.6 Å². The second-order valence-electron chi connectivity index (χ2n) is 9.24. The number of likely N-dealkylation sites (tertiary alicyclic amines) is 1. The predicted molar refractivity (Wildman–Crippen MR) is 127 cm³/mol. The summed E-state index contributed by atoms with van der Waals surface area (Å²) in [5, 5.41) is 11.5. The number of nitrogens with zero attached hydrogens (tertiary/aromatic N) is 1. The summed E-state index contributed by atoms with van der Waals surface area (Å²) in [6, 6.07) is 11.0. The lowest BCUT2D eigenvalue weighted by Crippen LogP contribution is -2.56. The molecule has 0 spiro atoms. The molecular formula is C27H31NO6.